The lowest BCUT2D eigenvalue weighted by molar-refractivity contribution is -0.385. The number of nitrogens with two attached hydrogens (primary N) is 3. The number of carbonyl (C=O) groups is 1. The lowest BCUT2D eigenvalue weighted by Gasteiger charge is -2.53. The summed E-state index contributed by atoms with van der Waals surface area (Å²) in [6.45, 7) is 4.21. The molecule has 107 heavy (non-hydrogen) atoms. The van der Waals surface area contributed by atoms with Crippen LogP contribution in [0.1, 0.15) is 146 Å². The molecule has 34 heteroatoms. The average molecular weight is 1520 g/mol. The first kappa shape index (κ1) is 73.2. The number of nitrogens with zero attached hydrogens (tertiary/aromatic N) is 13. The summed E-state index contributed by atoms with van der Waals surface area (Å²) >= 11 is 0. The van der Waals surface area contributed by atoms with Crippen LogP contribution < -0.4 is 31.4 Å². The van der Waals surface area contributed by atoms with Crippen molar-refractivity contribution >= 4 is 109 Å². The van der Waals surface area contributed by atoms with Crippen molar-refractivity contribution in [3.63, 3.8) is 0 Å². The molecule has 6 aromatic heterocycles. The zero-order chi connectivity index (χ0) is 75.3. The molecule has 0 radical (unpaired) electrons. The normalized spacial score (nSPS) is 18.4. The number of ketones is 1. The van der Waals surface area contributed by atoms with Gasteiger partial charge in [-0.15, -0.1) is 0 Å². The van der Waals surface area contributed by atoms with E-state index < -0.39 is 63.6 Å². The first-order chi connectivity index (χ1) is 51.1. The minimum Gasteiger partial charge on any atom is -0.383 e. The SMILES string of the molecule is CC1(C)CC2(CS(=O)(=O)Nc3ccc(-c4nn(C5CCCC5)c5ncnc(N)c45)cc3F)CCC1CC2=O.Nc1ncnc2c1c(-c1ccc(NS(=O)(=O)Cc3ccccc3)c(F)c1)nn2C1CCCC1.Nc1ncnc2c1c(-c1ccc(NS(=O)(=O)Cc3ccccc3[N+](=O)[O-])c(F)c1)nn2C1CCCC1. The Kier molecular flexibility index (Phi) is 20.0. The number of hydrogen-bond acceptors (Lipinski definition) is 21. The molecule has 6 fully saturated rings. The molecule has 558 valence electrons. The van der Waals surface area contributed by atoms with Crippen LogP contribution in [0.4, 0.5) is 53.4 Å². The summed E-state index contributed by atoms with van der Waals surface area (Å²) in [6, 6.07) is 27.3. The van der Waals surface area contributed by atoms with Crippen LogP contribution in [-0.4, -0.2) is 101 Å². The zero-order valence-corrected chi connectivity index (χ0v) is 60.9. The maximum absolute atomic E-state index is 15.3. The number of aromatic nitrogens is 12. The second-order valence-corrected chi connectivity index (χ2v) is 34.1. The smallest absolute Gasteiger partial charge is 0.273 e. The highest BCUT2D eigenvalue weighted by Crippen LogP contribution is 2.57. The van der Waals surface area contributed by atoms with E-state index in [4.69, 9.17) is 32.5 Å². The molecule has 0 amide bonds. The first-order valence-corrected chi connectivity index (χ1v) is 40.2. The Morgan fingerprint density at radius 2 is 0.897 bits per heavy atom. The molecule has 0 saturated heterocycles. The third-order valence-electron chi connectivity index (χ3n) is 21.2. The maximum atomic E-state index is 15.3. The lowest BCUT2D eigenvalue weighted by Crippen LogP contribution is -2.54. The Bertz CT molecular complexity index is 5630. The highest BCUT2D eigenvalue weighted by atomic mass is 32.2. The van der Waals surface area contributed by atoms with Crippen molar-refractivity contribution < 1.29 is 48.1 Å². The van der Waals surface area contributed by atoms with Crippen molar-refractivity contribution in [1.29, 1.82) is 0 Å². The van der Waals surface area contributed by atoms with Gasteiger partial charge in [0.2, 0.25) is 30.1 Å². The summed E-state index contributed by atoms with van der Waals surface area (Å²) in [7, 11) is -11.9. The van der Waals surface area contributed by atoms with Crippen LogP contribution in [0.25, 0.3) is 66.9 Å². The van der Waals surface area contributed by atoms with Gasteiger partial charge in [-0.3, -0.25) is 29.1 Å². The summed E-state index contributed by atoms with van der Waals surface area (Å²) in [6.07, 6.45) is 19.0. The Morgan fingerprint density at radius 1 is 0.514 bits per heavy atom. The second-order valence-electron chi connectivity index (χ2n) is 28.9. The standard InChI is InChI=1S/C27H33FN6O3S.C23H22FN7O4S.C23H23FN6O2S/c1-26(2)13-27(10-9-17(26)12-21(27)35)14-38(36,37)33-20-8-7-16(11-19(20)28)23-22-24(29)30-15-31-25(22)34(32-23)18-5-3-4-6-18;24-17-11-14(21-20-22(25)26-13-27-23(20)30(28-21)16-6-2-3-7-16)9-10-18(17)29-36(34,35)12-15-5-1-4-8-19(15)31(32)33;24-18-12-16(10-11-19(18)29-33(31,32)13-15-6-2-1-3-7-15)21-20-22(25)26-14-27-23(20)30(28-21)17-8-4-5-9-17/h7-8,11,15,17-18,33H,3-6,9-10,12-14H2,1-2H3,(H2,29,30,31);1,4-5,8-11,13,16,29H,2-3,6-7,12H2,(H2,25,26,27);1-3,6-7,10-12,14,17,29H,4-5,8-9,13H2,(H2,25,26,27). The largest absolute Gasteiger partial charge is 0.383 e. The number of nitrogens with one attached hydrogen (secondary N) is 3. The number of para-hydroxylation sites is 1. The van der Waals surface area contributed by atoms with Crippen LogP contribution in [0.5, 0.6) is 0 Å². The molecule has 2 unspecified atom stereocenters. The number of nitrogen functional groups attached to an aromatic ring is 3. The van der Waals surface area contributed by atoms with E-state index in [1.165, 1.54) is 79.6 Å². The summed E-state index contributed by atoms with van der Waals surface area (Å²) in [5.41, 5.74) is 21.6. The number of rotatable bonds is 19. The quantitative estimate of drug-likeness (QED) is 0.0323. The van der Waals surface area contributed by atoms with Gasteiger partial charge in [0.05, 0.1) is 67.8 Å². The van der Waals surface area contributed by atoms with E-state index in [0.717, 1.165) is 89.5 Å². The van der Waals surface area contributed by atoms with E-state index in [9.17, 15) is 44.6 Å². The van der Waals surface area contributed by atoms with Crippen LogP contribution in [0.2, 0.25) is 0 Å². The summed E-state index contributed by atoms with van der Waals surface area (Å²) < 4.78 is 135. The van der Waals surface area contributed by atoms with Crippen molar-refractivity contribution in [3.05, 3.63) is 167 Å². The van der Waals surface area contributed by atoms with Gasteiger partial charge in [-0.1, -0.05) is 119 Å². The van der Waals surface area contributed by atoms with Crippen molar-refractivity contribution in [1.82, 2.24) is 59.2 Å². The predicted molar refractivity (Wildman–Crippen MR) is 401 cm³/mol. The van der Waals surface area contributed by atoms with E-state index in [1.807, 2.05) is 14.0 Å². The number of fused-ring (bicyclic) bond motifs is 6. The monoisotopic (exact) mass is 1520 g/mol. The molecule has 17 rings (SSSR count). The van der Waals surface area contributed by atoms with Gasteiger partial charge >= 0.3 is 0 Å². The van der Waals surface area contributed by atoms with Gasteiger partial charge in [-0.25, -0.2) is 82.4 Å². The van der Waals surface area contributed by atoms with Gasteiger partial charge in [0, 0.05) is 40.2 Å². The predicted octanol–water partition coefficient (Wildman–Crippen LogP) is 13.3. The highest BCUT2D eigenvalue weighted by Gasteiger charge is 2.56. The Hall–Kier alpha value is -10.7. The number of nitro benzene ring substituents is 1. The number of Topliss-reactive ketones (excluding diaryl/α,β-unsaturated/α-hetero) is 1. The fourth-order valence-electron chi connectivity index (χ4n) is 16.0. The molecule has 6 aliphatic rings. The number of benzene rings is 5. The summed E-state index contributed by atoms with van der Waals surface area (Å²) in [4.78, 5) is 48.8. The van der Waals surface area contributed by atoms with E-state index in [1.54, 1.807) is 42.5 Å². The Balaban J connectivity index is 0.000000135. The fraction of sp³-hybridized carbons (Fsp3) is 0.370. The Morgan fingerprint density at radius 3 is 1.28 bits per heavy atom. The molecule has 28 nitrogen and oxygen atoms in total. The van der Waals surface area contributed by atoms with Gasteiger partial charge in [-0.2, -0.15) is 15.3 Å². The molecule has 6 saturated carbocycles. The van der Waals surface area contributed by atoms with Gasteiger partial charge in [0.1, 0.15) is 82.5 Å². The molecule has 6 heterocycles. The molecule has 6 aliphatic carbocycles. The summed E-state index contributed by atoms with van der Waals surface area (Å²) in [5.74, 6) is -2.49. The molecule has 11 aromatic rings. The molecule has 9 N–H and O–H groups in total. The first-order valence-electron chi connectivity index (χ1n) is 35.3. The van der Waals surface area contributed by atoms with Gasteiger partial charge in [0.25, 0.3) is 5.69 Å². The van der Waals surface area contributed by atoms with Gasteiger partial charge in [0.15, 0.2) is 16.9 Å². The number of anilines is 6. The van der Waals surface area contributed by atoms with E-state index >= 15 is 8.78 Å². The van der Waals surface area contributed by atoms with Crippen LogP contribution >= 0.6 is 0 Å². The van der Waals surface area contributed by atoms with Crippen molar-refractivity contribution in [2.75, 3.05) is 37.1 Å². The number of carbonyl (C=O) groups excluding carboxylic acids is 1. The number of halogens is 3. The molecule has 2 bridgehead atoms. The second kappa shape index (κ2) is 29.2. The van der Waals surface area contributed by atoms with Crippen LogP contribution in [0.15, 0.2) is 128 Å². The number of hydrogen-bond donors (Lipinski definition) is 6. The molecular weight excluding hydrogens is 1440 g/mol. The molecule has 0 spiro atoms. The van der Waals surface area contributed by atoms with Crippen molar-refractivity contribution in [3.8, 4) is 33.8 Å². The fourth-order valence-corrected chi connectivity index (χ4v) is 20.2. The van der Waals surface area contributed by atoms with Crippen LogP contribution in [0.3, 0.4) is 0 Å². The minimum atomic E-state index is -4.15. The number of nitro groups is 1. The highest BCUT2D eigenvalue weighted by molar-refractivity contribution is 7.93. The van der Waals surface area contributed by atoms with Gasteiger partial charge in [-0.05, 0) is 111 Å². The van der Waals surface area contributed by atoms with Crippen LogP contribution in [-0.2, 0) is 46.4 Å². The molecule has 0 aliphatic heterocycles. The van der Waals surface area contributed by atoms with Crippen molar-refractivity contribution in [2.45, 2.75) is 146 Å². The topological polar surface area (TPSA) is 408 Å². The lowest BCUT2D eigenvalue weighted by atomic mass is 9.51. The van der Waals surface area contributed by atoms with E-state index in [-0.39, 0.29) is 86.6 Å². The number of sulfonamides is 3. The molecular formula is C73H78F3N19O9S3. The zero-order valence-electron chi connectivity index (χ0n) is 58.4. The molecule has 2 atom stereocenters. The average Bonchev–Trinajstić information content (AvgIpc) is 1.55. The maximum Gasteiger partial charge on any atom is 0.273 e. The van der Waals surface area contributed by atoms with E-state index in [0.29, 0.717) is 97.6 Å². The van der Waals surface area contributed by atoms with Gasteiger partial charge < -0.3 is 17.2 Å². The third-order valence-corrected chi connectivity index (χ3v) is 25.1. The van der Waals surface area contributed by atoms with Crippen molar-refractivity contribution in [2.24, 2.45) is 16.7 Å². The van der Waals surface area contributed by atoms with E-state index in [2.05, 4.69) is 57.9 Å². The third kappa shape index (κ3) is 15.2. The van der Waals surface area contributed by atoms with Crippen LogP contribution in [0, 0.1) is 44.3 Å². The summed E-state index contributed by atoms with van der Waals surface area (Å²) in [5, 5.41) is 27.0. The molecule has 5 aromatic carbocycles. The Labute approximate surface area is 613 Å². The minimum absolute atomic E-state index is 0.00794.